The molecule has 1 N–H and O–H groups in total. The van der Waals surface area contributed by atoms with Crippen LogP contribution >= 0.6 is 0 Å². The van der Waals surface area contributed by atoms with Crippen LogP contribution in [0.2, 0.25) is 0 Å². The van der Waals surface area contributed by atoms with Crippen LogP contribution in [0.3, 0.4) is 0 Å². The van der Waals surface area contributed by atoms with E-state index in [1.807, 2.05) is 12.3 Å². The van der Waals surface area contributed by atoms with Crippen LogP contribution in [0.15, 0.2) is 18.3 Å². The predicted molar refractivity (Wildman–Crippen MR) is 94.4 cm³/mol. The molecule has 1 fully saturated rings. The Balaban J connectivity index is 1.30. The van der Waals surface area contributed by atoms with Gasteiger partial charge >= 0.3 is 0 Å². The fourth-order valence-electron chi connectivity index (χ4n) is 3.36. The van der Waals surface area contributed by atoms with E-state index in [4.69, 9.17) is 0 Å². The lowest BCUT2D eigenvalue weighted by molar-refractivity contribution is 0.425. The Hall–Kier alpha value is -2.24. The van der Waals surface area contributed by atoms with E-state index in [1.54, 1.807) is 0 Å². The zero-order chi connectivity index (χ0) is 16.5. The van der Waals surface area contributed by atoms with Gasteiger partial charge in [0.1, 0.15) is 11.6 Å². The van der Waals surface area contributed by atoms with Crippen LogP contribution in [0, 0.1) is 5.92 Å². The number of hydrogen-bond acceptors (Lipinski definition) is 6. The minimum absolute atomic E-state index is 0.351. The molecule has 6 nitrogen and oxygen atoms in total. The van der Waals surface area contributed by atoms with Crippen LogP contribution < -0.4 is 10.2 Å². The van der Waals surface area contributed by atoms with Gasteiger partial charge in [-0.3, -0.25) is 0 Å². The van der Waals surface area contributed by atoms with Gasteiger partial charge in [-0.05, 0) is 37.0 Å². The van der Waals surface area contributed by atoms with Crippen LogP contribution in [0.25, 0.3) is 0 Å². The molecule has 0 aromatic carbocycles. The van der Waals surface area contributed by atoms with Gasteiger partial charge in [0.2, 0.25) is 0 Å². The molecule has 126 valence electrons. The van der Waals surface area contributed by atoms with Crippen molar-refractivity contribution in [3.63, 3.8) is 0 Å². The first-order chi connectivity index (χ1) is 11.7. The van der Waals surface area contributed by atoms with E-state index in [1.165, 1.54) is 17.7 Å². The molecular formula is C18H24N6. The lowest BCUT2D eigenvalue weighted by Crippen LogP contribution is -2.50. The van der Waals surface area contributed by atoms with Crippen molar-refractivity contribution in [1.82, 2.24) is 20.2 Å². The molecule has 1 saturated heterocycles. The maximum atomic E-state index is 4.56. The van der Waals surface area contributed by atoms with Crippen molar-refractivity contribution < 1.29 is 0 Å². The maximum absolute atomic E-state index is 4.56. The van der Waals surface area contributed by atoms with Gasteiger partial charge in [-0.25, -0.2) is 9.97 Å². The molecule has 2 aliphatic rings. The van der Waals surface area contributed by atoms with Crippen molar-refractivity contribution >= 4 is 11.6 Å². The average Bonchev–Trinajstić information content (AvgIpc) is 3.01. The smallest absolute Gasteiger partial charge is 0.151 e. The topological polar surface area (TPSA) is 66.8 Å². The monoisotopic (exact) mass is 324 g/mol. The Labute approximate surface area is 142 Å². The summed E-state index contributed by atoms with van der Waals surface area (Å²) in [6.45, 7) is 7.22. The van der Waals surface area contributed by atoms with Crippen molar-refractivity contribution in [2.45, 2.75) is 39.0 Å². The molecule has 3 heterocycles. The molecule has 0 spiro atoms. The molecule has 6 heteroatoms. The van der Waals surface area contributed by atoms with Gasteiger partial charge in [-0.15, -0.1) is 5.10 Å². The highest BCUT2D eigenvalue weighted by molar-refractivity contribution is 5.45. The molecule has 0 atom stereocenters. The molecule has 1 aliphatic carbocycles. The normalized spacial score (nSPS) is 17.0. The van der Waals surface area contributed by atoms with Crippen molar-refractivity contribution in [2.75, 3.05) is 29.9 Å². The molecule has 2 aromatic rings. The summed E-state index contributed by atoms with van der Waals surface area (Å²) in [6.07, 6.45) is 5.30. The summed E-state index contributed by atoms with van der Waals surface area (Å²) in [7, 11) is 0. The number of nitrogens with zero attached hydrogens (tertiary/aromatic N) is 5. The van der Waals surface area contributed by atoms with Gasteiger partial charge in [0.25, 0.3) is 0 Å². The molecular weight excluding hydrogens is 300 g/mol. The third kappa shape index (κ3) is 3.05. The van der Waals surface area contributed by atoms with Crippen LogP contribution in [0.1, 0.15) is 43.3 Å². The molecule has 2 aromatic heterocycles. The van der Waals surface area contributed by atoms with E-state index in [0.717, 1.165) is 49.9 Å². The van der Waals surface area contributed by atoms with Gasteiger partial charge in [0, 0.05) is 37.7 Å². The minimum Gasteiger partial charge on any atom is -0.370 e. The van der Waals surface area contributed by atoms with E-state index in [-0.39, 0.29) is 0 Å². The fraction of sp³-hybridized carbons (Fsp3) is 0.556. The van der Waals surface area contributed by atoms with Gasteiger partial charge in [0.15, 0.2) is 5.82 Å². The largest absolute Gasteiger partial charge is 0.370 e. The first-order valence-electron chi connectivity index (χ1n) is 8.86. The summed E-state index contributed by atoms with van der Waals surface area (Å²) in [4.78, 5) is 11.2. The summed E-state index contributed by atoms with van der Waals surface area (Å²) in [5.41, 5.74) is 2.59. The summed E-state index contributed by atoms with van der Waals surface area (Å²) in [5, 5.41) is 12.2. The molecule has 0 radical (unpaired) electrons. The quantitative estimate of drug-likeness (QED) is 0.911. The van der Waals surface area contributed by atoms with E-state index in [9.17, 15) is 0 Å². The molecule has 24 heavy (non-hydrogen) atoms. The molecule has 4 rings (SSSR count). The second-order valence-electron chi connectivity index (χ2n) is 7.13. The highest BCUT2D eigenvalue weighted by atomic mass is 15.3. The number of fused-ring (bicyclic) bond motifs is 1. The Morgan fingerprint density at radius 2 is 2.12 bits per heavy atom. The van der Waals surface area contributed by atoms with Crippen LogP contribution in [0.5, 0.6) is 0 Å². The van der Waals surface area contributed by atoms with Crippen molar-refractivity contribution in [3.05, 3.63) is 35.4 Å². The Bertz CT molecular complexity index is 723. The van der Waals surface area contributed by atoms with Crippen LogP contribution in [-0.2, 0) is 12.8 Å². The van der Waals surface area contributed by atoms with Gasteiger partial charge < -0.3 is 10.2 Å². The SMILES string of the molecule is CC(C)c1nccc(NCC2CN(c3cc4c(nn3)CCC4)C2)n1. The summed E-state index contributed by atoms with van der Waals surface area (Å²) in [5.74, 6) is 3.83. The lowest BCUT2D eigenvalue weighted by Gasteiger charge is -2.40. The lowest BCUT2D eigenvalue weighted by atomic mass is 10.00. The van der Waals surface area contributed by atoms with Gasteiger partial charge in [-0.2, -0.15) is 5.10 Å². The summed E-state index contributed by atoms with van der Waals surface area (Å²) < 4.78 is 0. The van der Waals surface area contributed by atoms with Crippen LogP contribution in [-0.4, -0.2) is 39.8 Å². The highest BCUT2D eigenvalue weighted by Crippen LogP contribution is 2.27. The highest BCUT2D eigenvalue weighted by Gasteiger charge is 2.28. The predicted octanol–water partition coefficient (Wildman–Crippen LogP) is 2.43. The van der Waals surface area contributed by atoms with Crippen molar-refractivity contribution in [1.29, 1.82) is 0 Å². The van der Waals surface area contributed by atoms with E-state index >= 15 is 0 Å². The van der Waals surface area contributed by atoms with Crippen LogP contribution in [0.4, 0.5) is 11.6 Å². The average molecular weight is 324 g/mol. The molecule has 0 amide bonds. The third-order valence-electron chi connectivity index (χ3n) is 4.85. The zero-order valence-electron chi connectivity index (χ0n) is 14.4. The second kappa shape index (κ2) is 6.34. The van der Waals surface area contributed by atoms with E-state index < -0.39 is 0 Å². The van der Waals surface area contributed by atoms with Crippen molar-refractivity contribution in [2.24, 2.45) is 5.92 Å². The molecule has 0 bridgehead atoms. The van der Waals surface area contributed by atoms with Crippen molar-refractivity contribution in [3.8, 4) is 0 Å². The molecule has 0 unspecified atom stereocenters. The number of nitrogens with one attached hydrogen (secondary N) is 1. The maximum Gasteiger partial charge on any atom is 0.151 e. The number of hydrogen-bond donors (Lipinski definition) is 1. The van der Waals surface area contributed by atoms with Gasteiger partial charge in [0.05, 0.1) is 5.69 Å². The fourth-order valence-corrected chi connectivity index (χ4v) is 3.36. The second-order valence-corrected chi connectivity index (χ2v) is 7.13. The minimum atomic E-state index is 0.351. The standard InChI is InChI=1S/C18H24N6/c1-12(2)18-19-7-6-16(21-18)20-9-13-10-24(11-13)17-8-14-4-3-5-15(14)22-23-17/h6-8,12-13H,3-5,9-11H2,1-2H3,(H,19,20,21). The third-order valence-corrected chi connectivity index (χ3v) is 4.85. The van der Waals surface area contributed by atoms with E-state index in [0.29, 0.717) is 11.8 Å². The first-order valence-corrected chi connectivity index (χ1v) is 8.86. The summed E-state index contributed by atoms with van der Waals surface area (Å²) >= 11 is 0. The summed E-state index contributed by atoms with van der Waals surface area (Å²) in [6, 6.07) is 4.17. The Morgan fingerprint density at radius 1 is 1.25 bits per heavy atom. The van der Waals surface area contributed by atoms with Gasteiger partial charge in [-0.1, -0.05) is 13.8 Å². The zero-order valence-corrected chi connectivity index (χ0v) is 14.4. The first kappa shape index (κ1) is 15.3. The number of anilines is 2. The number of aromatic nitrogens is 4. The number of rotatable bonds is 5. The Kier molecular flexibility index (Phi) is 4.04. The molecule has 1 aliphatic heterocycles. The van der Waals surface area contributed by atoms with E-state index in [2.05, 4.69) is 50.3 Å². The Morgan fingerprint density at radius 3 is 2.96 bits per heavy atom. The molecule has 0 saturated carbocycles. The number of aryl methyl sites for hydroxylation is 2.